The monoisotopic (exact) mass is 488 g/mol. The van der Waals surface area contributed by atoms with Gasteiger partial charge >= 0.3 is 6.18 Å². The molecule has 1 amide bonds. The number of pyridine rings is 1. The van der Waals surface area contributed by atoms with Gasteiger partial charge in [0.05, 0.1) is 6.54 Å². The maximum atomic E-state index is 12.9. The molecule has 0 radical (unpaired) electrons. The highest BCUT2D eigenvalue weighted by atomic mass is 19.4. The minimum Gasteiger partial charge on any atom is -0.339 e. The number of hydrogen-bond donors (Lipinski definition) is 0. The first-order valence-electron chi connectivity index (χ1n) is 12.4. The minimum absolute atomic E-state index is 0.185. The Morgan fingerprint density at radius 2 is 1.69 bits per heavy atom. The Kier molecular flexibility index (Phi) is 6.72. The van der Waals surface area contributed by atoms with Crippen LogP contribution in [0.15, 0.2) is 41.3 Å². The number of piperazine rings is 1. The van der Waals surface area contributed by atoms with Gasteiger partial charge in [-0.3, -0.25) is 19.4 Å². The molecule has 35 heavy (non-hydrogen) atoms. The summed E-state index contributed by atoms with van der Waals surface area (Å²) in [6.07, 6.45) is 1.50. The van der Waals surface area contributed by atoms with Gasteiger partial charge in [0.2, 0.25) is 5.91 Å². The van der Waals surface area contributed by atoms with Gasteiger partial charge in [-0.2, -0.15) is 13.2 Å². The lowest BCUT2D eigenvalue weighted by Crippen LogP contribution is -2.55. The molecule has 1 saturated carbocycles. The second kappa shape index (κ2) is 9.78. The van der Waals surface area contributed by atoms with Crippen LogP contribution in [-0.4, -0.2) is 76.7 Å². The fraction of sp³-hybridized carbons (Fsp3) is 0.538. The summed E-state index contributed by atoms with van der Waals surface area (Å²) in [6.45, 7) is 4.10. The summed E-state index contributed by atoms with van der Waals surface area (Å²) < 4.78 is 39.1. The van der Waals surface area contributed by atoms with Gasteiger partial charge in [0.15, 0.2) is 0 Å². The minimum atomic E-state index is -4.45. The van der Waals surface area contributed by atoms with Crippen molar-refractivity contribution < 1.29 is 18.0 Å². The van der Waals surface area contributed by atoms with E-state index in [4.69, 9.17) is 0 Å². The number of rotatable bonds is 5. The predicted molar refractivity (Wildman–Crippen MR) is 127 cm³/mol. The van der Waals surface area contributed by atoms with E-state index in [0.29, 0.717) is 23.2 Å². The van der Waals surface area contributed by atoms with Gasteiger partial charge in [-0.1, -0.05) is 24.6 Å². The number of carbonyl (C=O) groups excluding carboxylic acids is 1. The summed E-state index contributed by atoms with van der Waals surface area (Å²) in [5.41, 5.74) is 2.96. The zero-order valence-corrected chi connectivity index (χ0v) is 19.8. The standard InChI is InChI=1S/C26H31F3N4O2/c27-26(28,29)18-33-16-22(6-7-24(33)34)19-4-5-21-15-30(9-8-20(21)14-19)17-25(35)32-12-10-31(11-13-32)23-2-1-3-23/h4-7,14,16,23H,1-3,8-13,15,17-18H2. The van der Waals surface area contributed by atoms with Gasteiger partial charge < -0.3 is 9.47 Å². The lowest BCUT2D eigenvalue weighted by Gasteiger charge is -2.43. The molecule has 0 spiro atoms. The van der Waals surface area contributed by atoms with Gasteiger partial charge in [-0.05, 0) is 47.6 Å². The molecule has 0 atom stereocenters. The first-order chi connectivity index (χ1) is 16.7. The molecular formula is C26H31F3N4O2. The first kappa shape index (κ1) is 24.1. The van der Waals surface area contributed by atoms with E-state index in [0.717, 1.165) is 61.9 Å². The molecule has 1 aliphatic carbocycles. The average molecular weight is 489 g/mol. The van der Waals surface area contributed by atoms with Crippen molar-refractivity contribution in [1.82, 2.24) is 19.3 Å². The average Bonchev–Trinajstić information content (AvgIpc) is 2.78. The maximum Gasteiger partial charge on any atom is 0.406 e. The number of halogens is 3. The third-order valence-corrected chi connectivity index (χ3v) is 7.58. The van der Waals surface area contributed by atoms with Crippen LogP contribution in [0.2, 0.25) is 0 Å². The molecule has 2 aliphatic heterocycles. The summed E-state index contributed by atoms with van der Waals surface area (Å²) in [5, 5.41) is 0. The van der Waals surface area contributed by atoms with Crippen LogP contribution < -0.4 is 5.56 Å². The topological polar surface area (TPSA) is 48.8 Å². The molecule has 188 valence electrons. The molecule has 0 bridgehead atoms. The summed E-state index contributed by atoms with van der Waals surface area (Å²) in [5.74, 6) is 0.185. The Morgan fingerprint density at radius 3 is 2.37 bits per heavy atom. The quantitative estimate of drug-likeness (QED) is 0.649. The third kappa shape index (κ3) is 5.62. The van der Waals surface area contributed by atoms with Crippen LogP contribution in [0, 0.1) is 0 Å². The summed E-state index contributed by atoms with van der Waals surface area (Å²) in [4.78, 5) is 31.4. The van der Waals surface area contributed by atoms with Crippen molar-refractivity contribution in [3.8, 4) is 11.1 Å². The zero-order chi connectivity index (χ0) is 24.6. The van der Waals surface area contributed by atoms with E-state index in [1.54, 1.807) is 6.07 Å². The highest BCUT2D eigenvalue weighted by Gasteiger charge is 2.30. The van der Waals surface area contributed by atoms with Crippen molar-refractivity contribution in [2.45, 2.75) is 51.0 Å². The van der Waals surface area contributed by atoms with Crippen LogP contribution in [0.25, 0.3) is 11.1 Å². The smallest absolute Gasteiger partial charge is 0.339 e. The van der Waals surface area contributed by atoms with E-state index in [-0.39, 0.29) is 5.91 Å². The molecule has 3 aliphatic rings. The molecule has 2 aromatic rings. The fourth-order valence-corrected chi connectivity index (χ4v) is 5.32. The Labute approximate surface area is 202 Å². The van der Waals surface area contributed by atoms with Crippen LogP contribution in [-0.2, 0) is 24.3 Å². The number of alkyl halides is 3. The molecule has 3 heterocycles. The normalized spacial score (nSPS) is 19.9. The molecule has 1 aromatic carbocycles. The summed E-state index contributed by atoms with van der Waals surface area (Å²) in [7, 11) is 0. The number of benzene rings is 1. The van der Waals surface area contributed by atoms with E-state index < -0.39 is 18.3 Å². The van der Waals surface area contributed by atoms with Gasteiger partial charge in [0.1, 0.15) is 6.54 Å². The molecule has 1 aromatic heterocycles. The molecular weight excluding hydrogens is 457 g/mol. The highest BCUT2D eigenvalue weighted by Crippen LogP contribution is 2.28. The largest absolute Gasteiger partial charge is 0.406 e. The zero-order valence-electron chi connectivity index (χ0n) is 19.8. The fourth-order valence-electron chi connectivity index (χ4n) is 5.32. The van der Waals surface area contributed by atoms with Gasteiger partial charge in [0.25, 0.3) is 5.56 Å². The van der Waals surface area contributed by atoms with Crippen molar-refractivity contribution >= 4 is 5.91 Å². The number of aromatic nitrogens is 1. The first-order valence-corrected chi connectivity index (χ1v) is 12.4. The van der Waals surface area contributed by atoms with Crippen LogP contribution in [0.3, 0.4) is 0 Å². The van der Waals surface area contributed by atoms with Crippen LogP contribution >= 0.6 is 0 Å². The SMILES string of the molecule is O=C(CN1CCc2cc(-c3ccc(=O)n(CC(F)(F)F)c3)ccc2C1)N1CCN(C2CCC2)CC1. The maximum absolute atomic E-state index is 12.9. The molecule has 0 N–H and O–H groups in total. The van der Waals surface area contributed by atoms with Crippen molar-refractivity contribution in [3.63, 3.8) is 0 Å². The van der Waals surface area contributed by atoms with Crippen molar-refractivity contribution in [2.24, 2.45) is 0 Å². The van der Waals surface area contributed by atoms with Crippen LogP contribution in [0.5, 0.6) is 0 Å². The predicted octanol–water partition coefficient (Wildman–Crippen LogP) is 3.13. The van der Waals surface area contributed by atoms with Crippen molar-refractivity contribution in [2.75, 3.05) is 39.3 Å². The molecule has 6 nitrogen and oxygen atoms in total. The highest BCUT2D eigenvalue weighted by molar-refractivity contribution is 5.78. The van der Waals surface area contributed by atoms with E-state index in [1.807, 2.05) is 23.1 Å². The Balaban J connectivity index is 1.20. The van der Waals surface area contributed by atoms with Crippen LogP contribution in [0.4, 0.5) is 13.2 Å². The number of amides is 1. The third-order valence-electron chi connectivity index (χ3n) is 7.58. The van der Waals surface area contributed by atoms with Crippen molar-refractivity contribution in [3.05, 3.63) is 58.0 Å². The Bertz CT molecular complexity index is 1130. The second-order valence-electron chi connectivity index (χ2n) is 9.94. The van der Waals surface area contributed by atoms with E-state index in [9.17, 15) is 22.8 Å². The van der Waals surface area contributed by atoms with Crippen molar-refractivity contribution in [1.29, 1.82) is 0 Å². The Hall–Kier alpha value is -2.65. The number of nitrogens with zero attached hydrogens (tertiary/aromatic N) is 4. The molecule has 9 heteroatoms. The second-order valence-corrected chi connectivity index (χ2v) is 9.94. The Morgan fingerprint density at radius 1 is 0.943 bits per heavy atom. The van der Waals surface area contributed by atoms with E-state index in [1.165, 1.54) is 31.5 Å². The number of fused-ring (bicyclic) bond motifs is 1. The molecule has 5 rings (SSSR count). The van der Waals surface area contributed by atoms with E-state index >= 15 is 0 Å². The number of carbonyl (C=O) groups is 1. The summed E-state index contributed by atoms with van der Waals surface area (Å²) in [6, 6.07) is 9.32. The van der Waals surface area contributed by atoms with Gasteiger partial charge in [-0.15, -0.1) is 0 Å². The molecule has 1 saturated heterocycles. The molecule has 2 fully saturated rings. The summed E-state index contributed by atoms with van der Waals surface area (Å²) >= 11 is 0. The van der Waals surface area contributed by atoms with Gasteiger partial charge in [0, 0.05) is 57.6 Å². The number of hydrogen-bond acceptors (Lipinski definition) is 4. The van der Waals surface area contributed by atoms with E-state index in [2.05, 4.69) is 9.80 Å². The lowest BCUT2D eigenvalue weighted by atomic mass is 9.91. The molecule has 0 unspecified atom stereocenters. The van der Waals surface area contributed by atoms with Gasteiger partial charge in [-0.25, -0.2) is 0 Å². The lowest BCUT2D eigenvalue weighted by molar-refractivity contribution is -0.141. The van der Waals surface area contributed by atoms with Crippen LogP contribution in [0.1, 0.15) is 30.4 Å².